The molecule has 0 radical (unpaired) electrons. The molecule has 0 saturated carbocycles. The Bertz CT molecular complexity index is 1580. The number of nitrogens with one attached hydrogen (secondary N) is 1. The van der Waals surface area contributed by atoms with Gasteiger partial charge in [-0.1, -0.05) is 60.7 Å². The molecule has 0 atom stereocenters. The molecule has 0 bridgehead atoms. The van der Waals surface area contributed by atoms with Crippen molar-refractivity contribution < 1.29 is 19.1 Å². The van der Waals surface area contributed by atoms with E-state index < -0.39 is 18.5 Å². The van der Waals surface area contributed by atoms with Gasteiger partial charge in [0.2, 0.25) is 0 Å². The lowest BCUT2D eigenvalue weighted by Crippen LogP contribution is -2.21. The van der Waals surface area contributed by atoms with Crippen molar-refractivity contribution in [2.24, 2.45) is 0 Å². The number of carbonyl (C=O) groups excluding carboxylic acids is 2. The Kier molecular flexibility index (Phi) is 7.41. The zero-order valence-corrected chi connectivity index (χ0v) is 20.9. The number of hydrogen-bond donors (Lipinski definition) is 1. The third kappa shape index (κ3) is 6.05. The molecular formula is C32H26N2O4. The molecule has 5 aromatic rings. The van der Waals surface area contributed by atoms with Gasteiger partial charge in [0.1, 0.15) is 12.4 Å². The summed E-state index contributed by atoms with van der Waals surface area (Å²) < 4.78 is 11.3. The van der Waals surface area contributed by atoms with Crippen molar-refractivity contribution >= 4 is 28.5 Å². The average molecular weight is 503 g/mol. The summed E-state index contributed by atoms with van der Waals surface area (Å²) >= 11 is 0. The minimum Gasteiger partial charge on any atom is -0.489 e. The first kappa shape index (κ1) is 24.7. The van der Waals surface area contributed by atoms with Gasteiger partial charge in [0.25, 0.3) is 5.91 Å². The van der Waals surface area contributed by atoms with E-state index >= 15 is 0 Å². The maximum Gasteiger partial charge on any atom is 0.339 e. The quantitative estimate of drug-likeness (QED) is 0.242. The van der Waals surface area contributed by atoms with Gasteiger partial charge in [0.05, 0.1) is 16.8 Å². The van der Waals surface area contributed by atoms with Gasteiger partial charge >= 0.3 is 5.97 Å². The number of benzene rings is 4. The second-order valence-corrected chi connectivity index (χ2v) is 8.86. The summed E-state index contributed by atoms with van der Waals surface area (Å²) in [4.78, 5) is 30.2. The summed E-state index contributed by atoms with van der Waals surface area (Å²) in [5.41, 5.74) is 5.21. The van der Waals surface area contributed by atoms with Gasteiger partial charge in [-0.3, -0.25) is 4.79 Å². The van der Waals surface area contributed by atoms with Gasteiger partial charge in [-0.15, -0.1) is 0 Å². The Hall–Kier alpha value is -4.97. The Labute approximate surface area is 220 Å². The third-order valence-corrected chi connectivity index (χ3v) is 5.97. The summed E-state index contributed by atoms with van der Waals surface area (Å²) in [6, 6.07) is 34.0. The normalized spacial score (nSPS) is 10.7. The molecule has 0 aliphatic carbocycles. The highest BCUT2D eigenvalue weighted by atomic mass is 16.5. The van der Waals surface area contributed by atoms with Gasteiger partial charge in [-0.25, -0.2) is 9.78 Å². The fourth-order valence-electron chi connectivity index (χ4n) is 4.08. The van der Waals surface area contributed by atoms with Crippen LogP contribution in [-0.4, -0.2) is 23.5 Å². The van der Waals surface area contributed by atoms with Crippen molar-refractivity contribution in [1.82, 2.24) is 4.98 Å². The van der Waals surface area contributed by atoms with Crippen LogP contribution in [0, 0.1) is 6.92 Å². The van der Waals surface area contributed by atoms with Gasteiger partial charge in [-0.05, 0) is 66.6 Å². The second-order valence-electron chi connectivity index (χ2n) is 8.86. The van der Waals surface area contributed by atoms with Crippen molar-refractivity contribution in [1.29, 1.82) is 0 Å². The number of amides is 1. The summed E-state index contributed by atoms with van der Waals surface area (Å²) in [5, 5.41) is 3.41. The van der Waals surface area contributed by atoms with E-state index in [-0.39, 0.29) is 0 Å². The molecule has 6 nitrogen and oxygen atoms in total. The summed E-state index contributed by atoms with van der Waals surface area (Å²) in [6.07, 6.45) is 0. The zero-order chi connectivity index (χ0) is 26.3. The number of hydrogen-bond acceptors (Lipinski definition) is 5. The van der Waals surface area contributed by atoms with Gasteiger partial charge in [0, 0.05) is 16.6 Å². The van der Waals surface area contributed by atoms with Crippen molar-refractivity contribution in [3.05, 3.63) is 126 Å². The largest absolute Gasteiger partial charge is 0.489 e. The molecule has 38 heavy (non-hydrogen) atoms. The first-order valence-corrected chi connectivity index (χ1v) is 12.3. The Morgan fingerprint density at radius 1 is 0.816 bits per heavy atom. The number of fused-ring (bicyclic) bond motifs is 1. The molecule has 0 unspecified atom stereocenters. The highest BCUT2D eigenvalue weighted by Gasteiger charge is 2.17. The minimum atomic E-state index is -0.591. The van der Waals surface area contributed by atoms with Crippen LogP contribution in [0.25, 0.3) is 22.2 Å². The van der Waals surface area contributed by atoms with Crippen LogP contribution in [0.15, 0.2) is 109 Å². The average Bonchev–Trinajstić information content (AvgIpc) is 2.95. The highest BCUT2D eigenvalue weighted by molar-refractivity contribution is 6.05. The molecular weight excluding hydrogens is 476 g/mol. The lowest BCUT2D eigenvalue weighted by atomic mass is 10.0. The predicted octanol–water partition coefficient (Wildman–Crippen LogP) is 6.58. The molecule has 0 spiro atoms. The Balaban J connectivity index is 1.31. The van der Waals surface area contributed by atoms with Crippen LogP contribution in [0.4, 0.5) is 5.69 Å². The maximum atomic E-state index is 13.1. The highest BCUT2D eigenvalue weighted by Crippen LogP contribution is 2.27. The molecule has 188 valence electrons. The van der Waals surface area contributed by atoms with E-state index in [4.69, 9.17) is 14.5 Å². The number of esters is 1. The van der Waals surface area contributed by atoms with Crippen molar-refractivity contribution in [3.8, 4) is 17.0 Å². The van der Waals surface area contributed by atoms with Crippen LogP contribution in [0.1, 0.15) is 21.5 Å². The van der Waals surface area contributed by atoms with Crippen molar-refractivity contribution in [2.75, 3.05) is 11.9 Å². The third-order valence-electron chi connectivity index (χ3n) is 5.97. The number of para-hydroxylation sites is 1. The van der Waals surface area contributed by atoms with Crippen molar-refractivity contribution in [3.63, 3.8) is 0 Å². The molecule has 0 saturated heterocycles. The van der Waals surface area contributed by atoms with Crippen LogP contribution in [0.5, 0.6) is 5.75 Å². The van der Waals surface area contributed by atoms with Crippen LogP contribution in [0.3, 0.4) is 0 Å². The summed E-state index contributed by atoms with van der Waals surface area (Å²) in [6.45, 7) is 2.02. The lowest BCUT2D eigenvalue weighted by molar-refractivity contribution is -0.119. The number of rotatable bonds is 8. The van der Waals surface area contributed by atoms with E-state index in [2.05, 4.69) is 5.32 Å². The van der Waals surface area contributed by atoms with E-state index in [1.165, 1.54) is 0 Å². The van der Waals surface area contributed by atoms with E-state index in [0.29, 0.717) is 34.5 Å². The molecule has 1 N–H and O–H groups in total. The van der Waals surface area contributed by atoms with E-state index in [1.807, 2.05) is 104 Å². The summed E-state index contributed by atoms with van der Waals surface area (Å²) in [7, 11) is 0. The van der Waals surface area contributed by atoms with Crippen LogP contribution in [-0.2, 0) is 16.1 Å². The molecule has 6 heteroatoms. The first-order chi connectivity index (χ1) is 18.5. The Morgan fingerprint density at radius 2 is 1.58 bits per heavy atom. The maximum absolute atomic E-state index is 13.1. The first-order valence-electron chi connectivity index (χ1n) is 12.3. The smallest absolute Gasteiger partial charge is 0.339 e. The molecule has 0 fully saturated rings. The number of aromatic nitrogens is 1. The number of aryl methyl sites for hydroxylation is 1. The van der Waals surface area contributed by atoms with E-state index in [1.54, 1.807) is 12.1 Å². The monoisotopic (exact) mass is 502 g/mol. The minimum absolute atomic E-state index is 0.346. The SMILES string of the molecule is Cc1cccc(NC(=O)COC(=O)c2cc(-c3ccc(OCc4ccccc4)cc3)nc3ccccc23)c1. The fraction of sp³-hybridized carbons (Fsp3) is 0.0938. The van der Waals surface area contributed by atoms with Gasteiger partial charge in [0.15, 0.2) is 6.61 Å². The van der Waals surface area contributed by atoms with Gasteiger partial charge in [-0.2, -0.15) is 0 Å². The second kappa shape index (κ2) is 11.4. The molecule has 0 aliphatic rings. The van der Waals surface area contributed by atoms with Crippen LogP contribution in [0.2, 0.25) is 0 Å². The fourth-order valence-corrected chi connectivity index (χ4v) is 4.08. The predicted molar refractivity (Wildman–Crippen MR) is 148 cm³/mol. The number of carbonyl (C=O) groups is 2. The number of ether oxygens (including phenoxy) is 2. The molecule has 4 aromatic carbocycles. The molecule has 1 heterocycles. The van der Waals surface area contributed by atoms with Crippen molar-refractivity contribution in [2.45, 2.75) is 13.5 Å². The van der Waals surface area contributed by atoms with Gasteiger partial charge < -0.3 is 14.8 Å². The van der Waals surface area contributed by atoms with E-state index in [9.17, 15) is 9.59 Å². The standard InChI is InChI=1S/C32H26N2O4/c1-22-8-7-11-25(18-22)33-31(35)21-38-32(36)28-19-30(34-29-13-6-5-12-27(28)29)24-14-16-26(17-15-24)37-20-23-9-3-2-4-10-23/h2-19H,20-21H2,1H3,(H,33,35). The Morgan fingerprint density at radius 3 is 2.37 bits per heavy atom. The number of nitrogens with zero attached hydrogens (tertiary/aromatic N) is 1. The number of pyridine rings is 1. The van der Waals surface area contributed by atoms with Crippen LogP contribution < -0.4 is 10.1 Å². The zero-order valence-electron chi connectivity index (χ0n) is 20.9. The lowest BCUT2D eigenvalue weighted by Gasteiger charge is -2.11. The molecule has 0 aliphatic heterocycles. The molecule has 5 rings (SSSR count). The summed E-state index contributed by atoms with van der Waals surface area (Å²) in [5.74, 6) is -0.265. The molecule has 1 amide bonds. The molecule has 1 aromatic heterocycles. The van der Waals surface area contributed by atoms with Crippen LogP contribution >= 0.6 is 0 Å². The topological polar surface area (TPSA) is 77.5 Å². The van der Waals surface area contributed by atoms with E-state index in [0.717, 1.165) is 22.4 Å². The number of anilines is 1.